The fourth-order valence-electron chi connectivity index (χ4n) is 5.01. The number of hydrogen-bond donors (Lipinski definition) is 1. The quantitative estimate of drug-likeness (QED) is 0.182. The SMILES string of the molecule is COc1ccc(CCn2c(-c3csc(COc4cc(Cl)cc(Cl)c4)n3)cc(C(=O)NCC3CCCO3)c2C)cc1OC. The average molecular weight is 631 g/mol. The van der Waals surface area contributed by atoms with Gasteiger partial charge in [0, 0.05) is 40.8 Å². The van der Waals surface area contributed by atoms with Crippen LogP contribution in [-0.4, -0.2) is 48.9 Å². The maximum atomic E-state index is 13.3. The van der Waals surface area contributed by atoms with E-state index in [0.29, 0.717) is 45.9 Å². The van der Waals surface area contributed by atoms with Crippen LogP contribution in [0.2, 0.25) is 10.0 Å². The number of carbonyl (C=O) groups is 1. The molecule has 1 atom stereocenters. The maximum absolute atomic E-state index is 13.3. The molecule has 2 aromatic carbocycles. The zero-order valence-electron chi connectivity index (χ0n) is 23.7. The van der Waals surface area contributed by atoms with Gasteiger partial charge in [-0.05, 0) is 68.1 Å². The molecule has 8 nitrogen and oxygen atoms in total. The summed E-state index contributed by atoms with van der Waals surface area (Å²) in [7, 11) is 3.25. The van der Waals surface area contributed by atoms with E-state index < -0.39 is 0 Å². The molecule has 3 heterocycles. The number of hydrogen-bond acceptors (Lipinski definition) is 7. The molecule has 11 heteroatoms. The van der Waals surface area contributed by atoms with Crippen LogP contribution in [0.3, 0.4) is 0 Å². The van der Waals surface area contributed by atoms with Gasteiger partial charge in [-0.3, -0.25) is 4.79 Å². The molecule has 0 saturated carbocycles. The molecule has 1 aliphatic heterocycles. The predicted molar refractivity (Wildman–Crippen MR) is 166 cm³/mol. The predicted octanol–water partition coefficient (Wildman–Crippen LogP) is 6.97. The second-order valence-corrected chi connectivity index (χ2v) is 11.8. The minimum Gasteiger partial charge on any atom is -0.493 e. The van der Waals surface area contributed by atoms with Gasteiger partial charge in [0.25, 0.3) is 5.91 Å². The van der Waals surface area contributed by atoms with Gasteiger partial charge in [0.15, 0.2) is 11.5 Å². The van der Waals surface area contributed by atoms with Gasteiger partial charge < -0.3 is 28.8 Å². The molecule has 1 N–H and O–H groups in total. The van der Waals surface area contributed by atoms with Gasteiger partial charge in [0.05, 0.1) is 37.3 Å². The van der Waals surface area contributed by atoms with Gasteiger partial charge in [0.2, 0.25) is 0 Å². The number of rotatable bonds is 12. The van der Waals surface area contributed by atoms with E-state index >= 15 is 0 Å². The largest absolute Gasteiger partial charge is 0.493 e. The van der Waals surface area contributed by atoms with Crippen molar-refractivity contribution in [1.82, 2.24) is 14.9 Å². The summed E-state index contributed by atoms with van der Waals surface area (Å²) in [5.74, 6) is 1.81. The van der Waals surface area contributed by atoms with E-state index in [9.17, 15) is 4.79 Å². The summed E-state index contributed by atoms with van der Waals surface area (Å²) in [4.78, 5) is 18.1. The Hall–Kier alpha value is -3.24. The summed E-state index contributed by atoms with van der Waals surface area (Å²) in [6.07, 6.45) is 2.77. The van der Waals surface area contributed by atoms with E-state index in [1.807, 2.05) is 36.6 Å². The van der Waals surface area contributed by atoms with Crippen LogP contribution in [0, 0.1) is 6.92 Å². The fraction of sp³-hybridized carbons (Fsp3) is 0.355. The third kappa shape index (κ3) is 7.21. The summed E-state index contributed by atoms with van der Waals surface area (Å²) >= 11 is 13.7. The number of halogens is 2. The Morgan fingerprint density at radius 3 is 2.62 bits per heavy atom. The number of nitrogens with zero attached hydrogens (tertiary/aromatic N) is 2. The first-order valence-corrected chi connectivity index (χ1v) is 15.3. The smallest absolute Gasteiger partial charge is 0.253 e. The minimum absolute atomic E-state index is 0.0661. The normalized spacial score (nSPS) is 14.6. The number of benzene rings is 2. The Morgan fingerprint density at radius 1 is 1.12 bits per heavy atom. The second-order valence-electron chi connectivity index (χ2n) is 9.99. The Morgan fingerprint density at radius 2 is 1.90 bits per heavy atom. The number of ether oxygens (including phenoxy) is 4. The lowest BCUT2D eigenvalue weighted by atomic mass is 10.1. The van der Waals surface area contributed by atoms with E-state index in [2.05, 4.69) is 9.88 Å². The van der Waals surface area contributed by atoms with Gasteiger partial charge >= 0.3 is 0 Å². The van der Waals surface area contributed by atoms with Crippen molar-refractivity contribution in [3.63, 3.8) is 0 Å². The summed E-state index contributed by atoms with van der Waals surface area (Å²) in [6.45, 7) is 4.12. The number of amides is 1. The van der Waals surface area contributed by atoms with Crippen molar-refractivity contribution in [3.8, 4) is 28.6 Å². The summed E-state index contributed by atoms with van der Waals surface area (Å²) in [5.41, 5.74) is 4.22. The molecule has 0 bridgehead atoms. The summed E-state index contributed by atoms with van der Waals surface area (Å²) in [6, 6.07) is 12.9. The average Bonchev–Trinajstić information content (AvgIpc) is 3.74. The first kappa shape index (κ1) is 30.2. The monoisotopic (exact) mass is 629 g/mol. The first-order valence-electron chi connectivity index (χ1n) is 13.7. The Kier molecular flexibility index (Phi) is 9.95. The van der Waals surface area contributed by atoms with Crippen molar-refractivity contribution in [1.29, 1.82) is 0 Å². The topological polar surface area (TPSA) is 83.8 Å². The standard InChI is InChI=1S/C31H33Cl2N3O5S/c1-19-25(31(37)34-16-23-5-4-10-40-23)15-27(36(19)9-8-20-6-7-28(38-2)29(11-20)39-3)26-18-42-30(35-26)17-41-24-13-21(32)12-22(33)14-24/h6-7,11-15,18,23H,4-5,8-10,16-17H2,1-3H3,(H,34,37). The molecule has 222 valence electrons. The van der Waals surface area contributed by atoms with E-state index in [1.165, 1.54) is 11.3 Å². The highest BCUT2D eigenvalue weighted by atomic mass is 35.5. The van der Waals surface area contributed by atoms with Crippen LogP contribution in [0.5, 0.6) is 17.2 Å². The van der Waals surface area contributed by atoms with E-state index in [-0.39, 0.29) is 18.6 Å². The van der Waals surface area contributed by atoms with Gasteiger partial charge in [-0.15, -0.1) is 11.3 Å². The Bertz CT molecular complexity index is 1530. The highest BCUT2D eigenvalue weighted by Crippen LogP contribution is 2.31. The van der Waals surface area contributed by atoms with Crippen molar-refractivity contribution in [3.05, 3.63) is 79.7 Å². The second kappa shape index (κ2) is 13.8. The molecule has 1 amide bonds. The third-order valence-electron chi connectivity index (χ3n) is 7.21. The number of nitrogens with one attached hydrogen (secondary N) is 1. The molecule has 5 rings (SSSR count). The third-order valence-corrected chi connectivity index (χ3v) is 8.47. The van der Waals surface area contributed by atoms with E-state index in [1.54, 1.807) is 32.4 Å². The molecular weight excluding hydrogens is 597 g/mol. The van der Waals surface area contributed by atoms with Crippen LogP contribution in [0.1, 0.15) is 39.5 Å². The number of carbonyl (C=O) groups excluding carboxylic acids is 1. The molecule has 4 aromatic rings. The molecule has 42 heavy (non-hydrogen) atoms. The van der Waals surface area contributed by atoms with Crippen LogP contribution < -0.4 is 19.5 Å². The highest BCUT2D eigenvalue weighted by Gasteiger charge is 2.22. The molecule has 1 aliphatic rings. The van der Waals surface area contributed by atoms with Gasteiger partial charge in [-0.2, -0.15) is 0 Å². The Balaban J connectivity index is 1.38. The van der Waals surface area contributed by atoms with Crippen LogP contribution in [-0.2, 0) is 24.3 Å². The van der Waals surface area contributed by atoms with Crippen molar-refractivity contribution in [2.24, 2.45) is 0 Å². The fourth-order valence-corrected chi connectivity index (χ4v) is 6.22. The van der Waals surface area contributed by atoms with Crippen molar-refractivity contribution in [2.45, 2.75) is 45.4 Å². The number of aryl methyl sites for hydroxylation is 1. The summed E-state index contributed by atoms with van der Waals surface area (Å²) < 4.78 is 24.6. The zero-order chi connectivity index (χ0) is 29.6. The van der Waals surface area contributed by atoms with Crippen LogP contribution in [0.4, 0.5) is 0 Å². The molecule has 0 aliphatic carbocycles. The number of methoxy groups -OCH3 is 2. The van der Waals surface area contributed by atoms with E-state index in [4.69, 9.17) is 47.1 Å². The van der Waals surface area contributed by atoms with E-state index in [0.717, 1.165) is 53.5 Å². The molecule has 1 saturated heterocycles. The number of aromatic nitrogens is 2. The van der Waals surface area contributed by atoms with Gasteiger partial charge in [-0.25, -0.2) is 4.98 Å². The lowest BCUT2D eigenvalue weighted by Crippen LogP contribution is -2.32. The minimum atomic E-state index is -0.120. The van der Waals surface area contributed by atoms with Crippen molar-refractivity contribution in [2.75, 3.05) is 27.4 Å². The lowest BCUT2D eigenvalue weighted by molar-refractivity contribution is 0.0857. The molecule has 0 spiro atoms. The molecular formula is C31H33Cl2N3O5S. The molecule has 2 aromatic heterocycles. The first-order chi connectivity index (χ1) is 20.3. The van der Waals surface area contributed by atoms with Gasteiger partial charge in [0.1, 0.15) is 17.4 Å². The maximum Gasteiger partial charge on any atom is 0.253 e. The highest BCUT2D eigenvalue weighted by molar-refractivity contribution is 7.09. The van der Waals surface area contributed by atoms with Crippen molar-refractivity contribution >= 4 is 40.4 Å². The van der Waals surface area contributed by atoms with Gasteiger partial charge in [-0.1, -0.05) is 29.3 Å². The van der Waals surface area contributed by atoms with Crippen LogP contribution in [0.15, 0.2) is 47.8 Å². The Labute approximate surface area is 259 Å². The molecule has 0 radical (unpaired) electrons. The lowest BCUT2D eigenvalue weighted by Gasteiger charge is -2.13. The molecule has 1 unspecified atom stereocenters. The summed E-state index contributed by atoms with van der Waals surface area (Å²) in [5, 5.41) is 6.84. The zero-order valence-corrected chi connectivity index (χ0v) is 26.1. The molecule has 1 fully saturated rings. The van der Waals surface area contributed by atoms with Crippen LogP contribution in [0.25, 0.3) is 11.4 Å². The number of thiazole rings is 1. The van der Waals surface area contributed by atoms with Crippen LogP contribution >= 0.6 is 34.5 Å². The van der Waals surface area contributed by atoms with Crippen molar-refractivity contribution < 1.29 is 23.7 Å².